The first-order valence-electron chi connectivity index (χ1n) is 8.48. The van der Waals surface area contributed by atoms with Crippen LogP contribution in [0.4, 0.5) is 0 Å². The van der Waals surface area contributed by atoms with Gasteiger partial charge < -0.3 is 10.0 Å². The van der Waals surface area contributed by atoms with Crippen LogP contribution in [0.2, 0.25) is 0 Å². The van der Waals surface area contributed by atoms with Gasteiger partial charge in [0.2, 0.25) is 0 Å². The maximum absolute atomic E-state index is 12.2. The number of imide groups is 1. The molecule has 25 heavy (non-hydrogen) atoms. The van der Waals surface area contributed by atoms with E-state index in [-0.39, 0.29) is 30.1 Å². The SMILES string of the molecule is Cl.O=C(O)C1CCN(CCCCN2C(=O)c3ccccc3C2=O)CC1. The summed E-state index contributed by atoms with van der Waals surface area (Å²) in [6, 6.07) is 6.94. The number of rotatable bonds is 6. The van der Waals surface area contributed by atoms with Crippen LogP contribution in [-0.4, -0.2) is 58.9 Å². The zero-order chi connectivity index (χ0) is 17.1. The molecule has 7 heteroatoms. The van der Waals surface area contributed by atoms with Crippen molar-refractivity contribution in [2.75, 3.05) is 26.2 Å². The summed E-state index contributed by atoms with van der Waals surface area (Å²) in [6.45, 7) is 2.95. The van der Waals surface area contributed by atoms with Gasteiger partial charge in [-0.1, -0.05) is 12.1 Å². The van der Waals surface area contributed by atoms with Gasteiger partial charge in [-0.25, -0.2) is 0 Å². The number of carbonyl (C=O) groups excluding carboxylic acids is 2. The summed E-state index contributed by atoms with van der Waals surface area (Å²) in [5, 5.41) is 9.00. The molecule has 0 bridgehead atoms. The average Bonchev–Trinajstić information content (AvgIpc) is 2.84. The number of hydrogen-bond donors (Lipinski definition) is 1. The normalized spacial score (nSPS) is 18.2. The zero-order valence-corrected chi connectivity index (χ0v) is 14.8. The van der Waals surface area contributed by atoms with E-state index in [0.29, 0.717) is 30.5 Å². The van der Waals surface area contributed by atoms with Crippen LogP contribution in [0.15, 0.2) is 24.3 Å². The van der Waals surface area contributed by atoms with Gasteiger partial charge in [-0.3, -0.25) is 19.3 Å². The number of aliphatic carboxylic acids is 1. The summed E-state index contributed by atoms with van der Waals surface area (Å²) >= 11 is 0. The van der Waals surface area contributed by atoms with E-state index < -0.39 is 5.97 Å². The molecule has 136 valence electrons. The van der Waals surface area contributed by atoms with Gasteiger partial charge >= 0.3 is 5.97 Å². The quantitative estimate of drug-likeness (QED) is 0.617. The van der Waals surface area contributed by atoms with Crippen LogP contribution in [0.25, 0.3) is 0 Å². The standard InChI is InChI=1S/C18H22N2O4.ClH/c21-16-14-5-1-2-6-15(14)17(22)20(16)10-4-3-9-19-11-7-13(8-12-19)18(23)24;/h1-2,5-6,13H,3-4,7-12H2,(H,23,24);1H. The Morgan fingerprint density at radius 1 is 1.00 bits per heavy atom. The second-order valence-corrected chi connectivity index (χ2v) is 6.47. The molecule has 0 radical (unpaired) electrons. The van der Waals surface area contributed by atoms with E-state index in [1.165, 1.54) is 4.90 Å². The van der Waals surface area contributed by atoms with Gasteiger partial charge in [0.1, 0.15) is 0 Å². The van der Waals surface area contributed by atoms with E-state index in [4.69, 9.17) is 5.11 Å². The molecule has 2 amide bonds. The second kappa shape index (κ2) is 8.45. The largest absolute Gasteiger partial charge is 0.481 e. The van der Waals surface area contributed by atoms with Gasteiger partial charge in [-0.2, -0.15) is 0 Å². The molecule has 1 aromatic rings. The maximum Gasteiger partial charge on any atom is 0.306 e. The molecule has 0 spiro atoms. The average molecular weight is 367 g/mol. The Bertz CT molecular complexity index is 621. The van der Waals surface area contributed by atoms with E-state index >= 15 is 0 Å². The molecule has 6 nitrogen and oxygen atoms in total. The second-order valence-electron chi connectivity index (χ2n) is 6.47. The van der Waals surface area contributed by atoms with Crippen molar-refractivity contribution in [1.29, 1.82) is 0 Å². The van der Waals surface area contributed by atoms with Crippen molar-refractivity contribution in [2.24, 2.45) is 5.92 Å². The van der Waals surface area contributed by atoms with Crippen LogP contribution >= 0.6 is 12.4 Å². The van der Waals surface area contributed by atoms with Gasteiger partial charge in [-0.15, -0.1) is 12.4 Å². The van der Waals surface area contributed by atoms with Crippen molar-refractivity contribution in [3.05, 3.63) is 35.4 Å². The number of nitrogens with zero attached hydrogens (tertiary/aromatic N) is 2. The number of unbranched alkanes of at least 4 members (excludes halogenated alkanes) is 1. The molecule has 0 saturated carbocycles. The first kappa shape index (κ1) is 19.4. The van der Waals surface area contributed by atoms with Crippen LogP contribution in [0.3, 0.4) is 0 Å². The Morgan fingerprint density at radius 2 is 1.52 bits per heavy atom. The number of amides is 2. The highest BCUT2D eigenvalue weighted by Crippen LogP contribution is 2.23. The van der Waals surface area contributed by atoms with E-state index in [0.717, 1.165) is 32.5 Å². The molecule has 0 aliphatic carbocycles. The summed E-state index contributed by atoms with van der Waals surface area (Å²) < 4.78 is 0. The molecule has 3 rings (SSSR count). The minimum Gasteiger partial charge on any atom is -0.481 e. The third-order valence-corrected chi connectivity index (χ3v) is 4.92. The Hall–Kier alpha value is -1.92. The first-order chi connectivity index (χ1) is 11.6. The third-order valence-electron chi connectivity index (χ3n) is 4.92. The molecule has 1 N–H and O–H groups in total. The van der Waals surface area contributed by atoms with Gasteiger partial charge in [0, 0.05) is 6.54 Å². The highest BCUT2D eigenvalue weighted by atomic mass is 35.5. The number of hydrogen-bond acceptors (Lipinski definition) is 4. The number of fused-ring (bicyclic) bond motifs is 1. The number of piperidine rings is 1. The fourth-order valence-corrected chi connectivity index (χ4v) is 3.45. The molecule has 1 aromatic carbocycles. The molecule has 1 fully saturated rings. The lowest BCUT2D eigenvalue weighted by Crippen LogP contribution is -2.37. The summed E-state index contributed by atoms with van der Waals surface area (Å²) in [4.78, 5) is 39.0. The van der Waals surface area contributed by atoms with Gasteiger partial charge in [0.05, 0.1) is 17.0 Å². The van der Waals surface area contributed by atoms with Crippen LogP contribution in [0, 0.1) is 5.92 Å². The lowest BCUT2D eigenvalue weighted by molar-refractivity contribution is -0.143. The lowest BCUT2D eigenvalue weighted by Gasteiger charge is -2.30. The molecule has 0 unspecified atom stereocenters. The van der Waals surface area contributed by atoms with Crippen LogP contribution in [0.1, 0.15) is 46.4 Å². The molecular weight excluding hydrogens is 344 g/mol. The van der Waals surface area contributed by atoms with Gasteiger partial charge in [0.15, 0.2) is 0 Å². The first-order valence-corrected chi connectivity index (χ1v) is 8.48. The van der Waals surface area contributed by atoms with Crippen molar-refractivity contribution >= 4 is 30.2 Å². The number of carboxylic acids is 1. The van der Waals surface area contributed by atoms with Crippen molar-refractivity contribution in [3.63, 3.8) is 0 Å². The number of carbonyl (C=O) groups is 3. The van der Waals surface area contributed by atoms with E-state index in [9.17, 15) is 14.4 Å². The van der Waals surface area contributed by atoms with E-state index in [2.05, 4.69) is 4.90 Å². The molecule has 2 heterocycles. The van der Waals surface area contributed by atoms with Crippen LogP contribution < -0.4 is 0 Å². The topological polar surface area (TPSA) is 77.9 Å². The molecule has 0 atom stereocenters. The molecule has 0 aromatic heterocycles. The van der Waals surface area contributed by atoms with Crippen LogP contribution in [-0.2, 0) is 4.79 Å². The van der Waals surface area contributed by atoms with Gasteiger partial charge in [0.25, 0.3) is 11.8 Å². The number of halogens is 1. The molecule has 2 aliphatic rings. The fraction of sp³-hybridized carbons (Fsp3) is 0.500. The number of likely N-dealkylation sites (tertiary alicyclic amines) is 1. The van der Waals surface area contributed by atoms with E-state index in [1.807, 2.05) is 0 Å². The number of carboxylic acid groups (broad SMARTS) is 1. The van der Waals surface area contributed by atoms with Crippen molar-refractivity contribution in [3.8, 4) is 0 Å². The third kappa shape index (κ3) is 4.19. The Labute approximate surface area is 153 Å². The summed E-state index contributed by atoms with van der Waals surface area (Å²) in [6.07, 6.45) is 3.07. The highest BCUT2D eigenvalue weighted by Gasteiger charge is 2.34. The minimum atomic E-state index is -0.694. The predicted molar refractivity (Wildman–Crippen MR) is 95.1 cm³/mol. The Kier molecular flexibility index (Phi) is 6.56. The maximum atomic E-state index is 12.2. The van der Waals surface area contributed by atoms with Crippen molar-refractivity contribution in [2.45, 2.75) is 25.7 Å². The summed E-state index contributed by atoms with van der Waals surface area (Å²) in [7, 11) is 0. The molecule has 2 aliphatic heterocycles. The predicted octanol–water partition coefficient (Wildman–Crippen LogP) is 2.28. The molecular formula is C18H23ClN2O4. The highest BCUT2D eigenvalue weighted by molar-refractivity contribution is 6.21. The summed E-state index contributed by atoms with van der Waals surface area (Å²) in [5.74, 6) is -1.30. The molecule has 1 saturated heterocycles. The Balaban J connectivity index is 0.00000225. The van der Waals surface area contributed by atoms with Crippen LogP contribution in [0.5, 0.6) is 0 Å². The smallest absolute Gasteiger partial charge is 0.306 e. The summed E-state index contributed by atoms with van der Waals surface area (Å²) in [5.41, 5.74) is 0.997. The van der Waals surface area contributed by atoms with Crippen molar-refractivity contribution in [1.82, 2.24) is 9.80 Å². The zero-order valence-electron chi connectivity index (χ0n) is 14.0. The van der Waals surface area contributed by atoms with E-state index in [1.54, 1.807) is 24.3 Å². The lowest BCUT2D eigenvalue weighted by atomic mass is 9.97. The fourth-order valence-electron chi connectivity index (χ4n) is 3.45. The Morgan fingerprint density at radius 3 is 2.04 bits per heavy atom. The number of benzene rings is 1. The van der Waals surface area contributed by atoms with Gasteiger partial charge in [-0.05, 0) is 57.5 Å². The van der Waals surface area contributed by atoms with Crippen molar-refractivity contribution < 1.29 is 19.5 Å². The minimum absolute atomic E-state index is 0. The monoisotopic (exact) mass is 366 g/mol.